The predicted molar refractivity (Wildman–Crippen MR) is 166 cm³/mol. The van der Waals surface area contributed by atoms with Crippen molar-refractivity contribution in [2.24, 2.45) is 29.1 Å². The summed E-state index contributed by atoms with van der Waals surface area (Å²) in [4.78, 5) is 29.2. The van der Waals surface area contributed by atoms with E-state index in [9.17, 15) is 0 Å². The minimum absolute atomic E-state index is 0.312. The molecule has 0 N–H and O–H groups in total. The van der Waals surface area contributed by atoms with E-state index in [-0.39, 0.29) is 5.16 Å². The second-order valence-corrected chi connectivity index (χ2v) is 50.5. The second kappa shape index (κ2) is 3.24. The summed E-state index contributed by atoms with van der Waals surface area (Å²) in [6.45, 7) is 4.25. The van der Waals surface area contributed by atoms with Gasteiger partial charge in [-0.1, -0.05) is 0 Å². The molecule has 8 heteroatoms. The molecule has 4 bridgehead atoms. The number of hydrogen-bond donors (Lipinski definition) is 0. The zero-order valence-corrected chi connectivity index (χ0v) is 28.8. The van der Waals surface area contributed by atoms with Crippen molar-refractivity contribution in [3.05, 3.63) is 48.6 Å². The average molecular weight is 641 g/mol. The van der Waals surface area contributed by atoms with Gasteiger partial charge in [-0.25, -0.2) is 0 Å². The van der Waals surface area contributed by atoms with Crippen molar-refractivity contribution >= 4 is 26.6 Å². The van der Waals surface area contributed by atoms with Crippen LogP contribution in [0.2, 0.25) is 65.9 Å². The zero-order valence-electron chi connectivity index (χ0n) is 24.4. The van der Waals surface area contributed by atoms with Crippen molar-refractivity contribution in [2.45, 2.75) is 103 Å². The molecule has 0 radical (unpaired) electrons. The second-order valence-electron chi connectivity index (χ2n) is 20.6. The molecule has 216 valence electrons. The summed E-state index contributed by atoms with van der Waals surface area (Å²) in [7, 11) is 5.70. The third-order valence-corrected chi connectivity index (χ3v) is 78.8. The van der Waals surface area contributed by atoms with Crippen molar-refractivity contribution in [1.29, 1.82) is 0 Å². The van der Waals surface area contributed by atoms with Crippen LogP contribution in [0.3, 0.4) is 0 Å². The summed E-state index contributed by atoms with van der Waals surface area (Å²) in [5, 5.41) is -0.312. The molecule has 0 aromatic carbocycles. The Balaban J connectivity index is 1.16. The molecule has 10 aliphatic heterocycles. The summed E-state index contributed by atoms with van der Waals surface area (Å²) in [5.74, 6) is 6.17. The molecule has 7 atom stereocenters. The van der Waals surface area contributed by atoms with E-state index >= 15 is 0 Å². The van der Waals surface area contributed by atoms with Crippen molar-refractivity contribution < 1.29 is 6.51 Å². The Morgan fingerprint density at radius 2 is 1.24 bits per heavy atom. The van der Waals surface area contributed by atoms with Crippen LogP contribution in [0.15, 0.2) is 36.9 Å². The van der Waals surface area contributed by atoms with Crippen LogP contribution in [-0.2, 0) is 11.7 Å². The van der Waals surface area contributed by atoms with E-state index in [4.69, 9.17) is 19.9 Å². The summed E-state index contributed by atoms with van der Waals surface area (Å²) in [6.07, 6.45) is 17.3. The summed E-state index contributed by atoms with van der Waals surface area (Å²) in [5.41, 5.74) is 0.563. The first-order valence-corrected chi connectivity index (χ1v) is 27.8. The average Bonchev–Trinajstić information content (AvgIpc) is 3.91. The summed E-state index contributed by atoms with van der Waals surface area (Å²) >= 11 is 0. The molecule has 14 aliphatic rings. The van der Waals surface area contributed by atoms with Crippen LogP contribution < -0.4 is 0 Å². The molecule has 4 aliphatic carbocycles. The van der Waals surface area contributed by atoms with Gasteiger partial charge in [-0.05, 0) is 0 Å². The van der Waals surface area contributed by atoms with Gasteiger partial charge in [0.15, 0.2) is 0 Å². The zero-order chi connectivity index (χ0) is 27.1. The van der Waals surface area contributed by atoms with Gasteiger partial charge in [0, 0.05) is 0 Å². The molecule has 41 heavy (non-hydrogen) atoms. The standard InChI is InChI=1S/C28H37N4P2Si.C5H5.Fe/c1-35(2,3)22-15-23(27(17-33)20-11-18-10-19(13-20)14-21(27)12-18)24(16-22)28(34,25-29-6-4-7-30-25)26-31-8-5-9-32-26;1-2-4-5-3-1;/h4-9,15-16,18-21H,10-14,17,33-34H2,1-3H3;1-5H;. The maximum absolute atomic E-state index is 5.23. The molecule has 7 unspecified atom stereocenters. The molecule has 4 nitrogen and oxygen atoms in total. The Kier molecular flexibility index (Phi) is 1.70. The molecule has 16 rings (SSSR count). The first kappa shape index (κ1) is 21.5. The predicted octanol–water partition coefficient (Wildman–Crippen LogP) is 8.08. The molecule has 1 spiro atoms. The van der Waals surface area contributed by atoms with Crippen LogP contribution in [0, 0.1) is 29.1 Å². The fourth-order valence-electron chi connectivity index (χ4n) is 28.0. The number of aromatic nitrogens is 4. The molecule has 12 heterocycles. The van der Waals surface area contributed by atoms with Gasteiger partial charge in [-0.3, -0.25) is 0 Å². The molecule has 10 saturated heterocycles. The molecule has 2 aromatic rings. The van der Waals surface area contributed by atoms with E-state index < -0.39 is 14.6 Å². The van der Waals surface area contributed by atoms with Gasteiger partial charge in [-0.2, -0.15) is 0 Å². The van der Waals surface area contributed by atoms with Crippen LogP contribution in [0.4, 0.5) is 0 Å². The Hall–Kier alpha value is -0.244. The molecule has 2 aromatic heterocycles. The Bertz CT molecular complexity index is 2070. The van der Waals surface area contributed by atoms with Gasteiger partial charge < -0.3 is 0 Å². The molecule has 0 amide bonds. The van der Waals surface area contributed by atoms with Crippen LogP contribution in [0.5, 0.6) is 0 Å². The van der Waals surface area contributed by atoms with Crippen molar-refractivity contribution in [3.63, 3.8) is 0 Å². The van der Waals surface area contributed by atoms with Gasteiger partial charge in [0.25, 0.3) is 0 Å². The Labute approximate surface area is 238 Å². The Morgan fingerprint density at radius 1 is 0.780 bits per heavy atom. The third kappa shape index (κ3) is 0.521. The normalized spacial score (nSPS) is 76.0. The van der Waals surface area contributed by atoms with Crippen molar-refractivity contribution in [2.75, 3.05) is 6.16 Å². The van der Waals surface area contributed by atoms with Crippen molar-refractivity contribution in [1.82, 2.24) is 19.9 Å². The number of nitrogens with zero attached hydrogens (tertiary/aromatic N) is 4. The molecular formula is C33H42FeN4P2Si. The monoisotopic (exact) mass is 640 g/mol. The fourth-order valence-corrected chi connectivity index (χ4v) is 139. The first-order valence-electron chi connectivity index (χ1n) is 16.8. The molecular weight excluding hydrogens is 598 g/mol. The van der Waals surface area contributed by atoms with E-state index in [0.29, 0.717) is 14.0 Å². The molecule has 14 fully saturated rings. The van der Waals surface area contributed by atoms with E-state index in [1.807, 2.05) is 36.9 Å². The van der Waals surface area contributed by atoms with Gasteiger partial charge in [0.1, 0.15) is 0 Å². The van der Waals surface area contributed by atoms with Crippen LogP contribution in [0.1, 0.15) is 43.8 Å². The first-order chi connectivity index (χ1) is 19.5. The van der Waals surface area contributed by atoms with Gasteiger partial charge in [0.05, 0.1) is 0 Å². The topological polar surface area (TPSA) is 51.6 Å². The SMILES string of the molecule is C[Si](C)(C)[C]12[CH]3[C]4(C(P)(c5ncccn5)c5ncccn5)[C]5(C6(CP)C7CC8CC(C7)CC6C8)[CH]1[Fe]34521678[CH]2[CH]1[CH]6[CH]7[CH]28. The quantitative estimate of drug-likeness (QED) is 0.237. The third-order valence-electron chi connectivity index (χ3n) is 24.1. The van der Waals surface area contributed by atoms with E-state index in [1.54, 1.807) is 32.1 Å². The van der Waals surface area contributed by atoms with Crippen LogP contribution >= 0.6 is 18.5 Å². The van der Waals surface area contributed by atoms with Crippen molar-refractivity contribution in [3.8, 4) is 0 Å². The number of hydrogen-bond acceptors (Lipinski definition) is 4. The summed E-state index contributed by atoms with van der Waals surface area (Å²) < 4.78 is 1.93. The van der Waals surface area contributed by atoms with Gasteiger partial charge >= 0.3 is 240 Å². The van der Waals surface area contributed by atoms with E-state index in [2.05, 4.69) is 38.1 Å². The fraction of sp³-hybridized carbons (Fsp3) is 0.758. The number of fused-ring (bicyclic) bond motifs is 11. The maximum atomic E-state index is 5.23. The van der Waals surface area contributed by atoms with Gasteiger partial charge in [0.2, 0.25) is 0 Å². The van der Waals surface area contributed by atoms with E-state index in [1.165, 1.54) is 35.1 Å². The van der Waals surface area contributed by atoms with Gasteiger partial charge in [-0.15, -0.1) is 0 Å². The molecule has 4 saturated carbocycles. The number of rotatable bonds is 6. The Morgan fingerprint density at radius 3 is 1.63 bits per heavy atom. The van der Waals surface area contributed by atoms with Crippen LogP contribution in [-0.4, -0.2) is 34.2 Å². The summed E-state index contributed by atoms with van der Waals surface area (Å²) in [6, 6.07) is 4.06. The minimum atomic E-state index is -4.34. The van der Waals surface area contributed by atoms with Crippen LogP contribution in [0.25, 0.3) is 0 Å². The van der Waals surface area contributed by atoms with E-state index in [0.717, 1.165) is 44.1 Å².